The highest BCUT2D eigenvalue weighted by molar-refractivity contribution is 5.76. The van der Waals surface area contributed by atoms with Gasteiger partial charge in [0.1, 0.15) is 0 Å². The first kappa shape index (κ1) is 64.3. The largest absolute Gasteiger partial charge is 0.466 e. The summed E-state index contributed by atoms with van der Waals surface area (Å²) in [6.45, 7) is 4.90. The van der Waals surface area contributed by atoms with Crippen molar-refractivity contribution in [2.75, 3.05) is 13.2 Å². The molecule has 6 heteroatoms. The topological polar surface area (TPSA) is 95.9 Å². The maximum atomic E-state index is 12.5. The van der Waals surface area contributed by atoms with Crippen LogP contribution in [-0.4, -0.2) is 47.4 Å². The van der Waals surface area contributed by atoms with Crippen molar-refractivity contribution < 1.29 is 24.5 Å². The van der Waals surface area contributed by atoms with E-state index < -0.39 is 12.1 Å². The molecule has 2 unspecified atom stereocenters. The second-order valence-electron chi connectivity index (χ2n) is 20.3. The molecule has 3 N–H and O–H groups in total. The van der Waals surface area contributed by atoms with Gasteiger partial charge in [-0.1, -0.05) is 256 Å². The number of nitrogens with one attached hydrogen (secondary N) is 1. The van der Waals surface area contributed by atoms with Crippen LogP contribution in [0.2, 0.25) is 0 Å². The van der Waals surface area contributed by atoms with Crippen LogP contribution < -0.4 is 5.32 Å². The molecule has 0 aromatic rings. The van der Waals surface area contributed by atoms with Gasteiger partial charge in [0.25, 0.3) is 0 Å². The lowest BCUT2D eigenvalue weighted by Gasteiger charge is -2.22. The summed E-state index contributed by atoms with van der Waals surface area (Å²) in [5, 5.41) is 23.3. The summed E-state index contributed by atoms with van der Waals surface area (Å²) in [7, 11) is 0. The molecule has 0 saturated heterocycles. The predicted octanol–water partition coefficient (Wildman–Crippen LogP) is 18.2. The molecule has 0 saturated carbocycles. The summed E-state index contributed by atoms with van der Waals surface area (Å²) in [6.07, 6.45) is 67.5. The van der Waals surface area contributed by atoms with E-state index in [1.165, 1.54) is 218 Å². The molecule has 0 fully saturated rings. The summed E-state index contributed by atoms with van der Waals surface area (Å²) in [5.74, 6) is -0.0843. The Kier molecular flexibility index (Phi) is 54.5. The number of unbranched alkanes of at least 4 members (excludes halogenated alkanes) is 40. The number of hydrogen-bond donors (Lipinski definition) is 3. The molecule has 6 nitrogen and oxygen atoms in total. The fourth-order valence-electron chi connectivity index (χ4n) is 9.16. The fourth-order valence-corrected chi connectivity index (χ4v) is 9.16. The minimum atomic E-state index is -0.683. The molecule has 2 atom stereocenters. The van der Waals surface area contributed by atoms with Gasteiger partial charge in [-0.15, -0.1) is 0 Å². The Hall–Kier alpha value is -1.66. The number of carbonyl (C=O) groups excluding carboxylic acids is 2. The van der Waals surface area contributed by atoms with Crippen LogP contribution in [0.5, 0.6) is 0 Å². The van der Waals surface area contributed by atoms with Crippen LogP contribution in [0, 0.1) is 0 Å². The second kappa shape index (κ2) is 55.9. The molecule has 0 aromatic heterocycles. The van der Waals surface area contributed by atoms with Gasteiger partial charge in [0, 0.05) is 12.8 Å². The molecule has 0 heterocycles. The first-order chi connectivity index (χ1) is 32.5. The average molecular weight is 931 g/mol. The molecule has 0 rings (SSSR count). The van der Waals surface area contributed by atoms with Gasteiger partial charge in [-0.05, 0) is 77.0 Å². The standard InChI is InChI=1S/C60H115NO5/c1-3-5-7-9-11-13-15-17-18-19-20-21-22-23-24-25-26-27-29-32-36-40-44-48-52-58(63)57(56-62)61-59(64)53-49-45-41-37-33-30-28-31-35-39-43-47-51-55-66-60(65)54-50-46-42-38-34-16-14-12-10-8-6-4-2/h12,14,30,33,57-58,62-63H,3-11,13,15-29,31-32,34-56H2,1-2H3,(H,61,64)/b14-12-,33-30-. The Morgan fingerprint density at radius 2 is 0.712 bits per heavy atom. The lowest BCUT2D eigenvalue weighted by Crippen LogP contribution is -2.45. The maximum absolute atomic E-state index is 12.5. The first-order valence-electron chi connectivity index (χ1n) is 29.6. The van der Waals surface area contributed by atoms with Crippen molar-refractivity contribution in [3.05, 3.63) is 24.3 Å². The molecule has 0 radical (unpaired) electrons. The third-order valence-corrected chi connectivity index (χ3v) is 13.7. The van der Waals surface area contributed by atoms with Crippen molar-refractivity contribution in [1.29, 1.82) is 0 Å². The van der Waals surface area contributed by atoms with Crippen molar-refractivity contribution in [2.24, 2.45) is 0 Å². The van der Waals surface area contributed by atoms with Crippen LogP contribution in [-0.2, 0) is 14.3 Å². The quantitative estimate of drug-likeness (QED) is 0.0321. The number of amides is 1. The van der Waals surface area contributed by atoms with Crippen LogP contribution >= 0.6 is 0 Å². The molecular formula is C60H115NO5. The van der Waals surface area contributed by atoms with E-state index in [1.807, 2.05) is 0 Å². The normalized spacial score (nSPS) is 12.7. The molecule has 0 bridgehead atoms. The first-order valence-corrected chi connectivity index (χ1v) is 29.6. The zero-order valence-electron chi connectivity index (χ0n) is 44.4. The highest BCUT2D eigenvalue weighted by atomic mass is 16.5. The Labute approximate surface area is 411 Å². The maximum Gasteiger partial charge on any atom is 0.305 e. The summed E-state index contributed by atoms with van der Waals surface area (Å²) in [6, 6.07) is -0.563. The predicted molar refractivity (Wildman–Crippen MR) is 287 cm³/mol. The number of allylic oxidation sites excluding steroid dienone is 4. The summed E-state index contributed by atoms with van der Waals surface area (Å²) >= 11 is 0. The molecule has 0 aromatic carbocycles. The minimum Gasteiger partial charge on any atom is -0.466 e. The number of rotatable bonds is 55. The lowest BCUT2D eigenvalue weighted by atomic mass is 10.0. The summed E-state index contributed by atoms with van der Waals surface area (Å²) in [5.41, 5.74) is 0. The molecule has 0 aliphatic heterocycles. The molecule has 0 spiro atoms. The van der Waals surface area contributed by atoms with Gasteiger partial charge in [0.15, 0.2) is 0 Å². The zero-order valence-corrected chi connectivity index (χ0v) is 44.4. The van der Waals surface area contributed by atoms with Crippen LogP contribution in [0.4, 0.5) is 0 Å². The van der Waals surface area contributed by atoms with E-state index in [-0.39, 0.29) is 18.5 Å². The van der Waals surface area contributed by atoms with Gasteiger partial charge < -0.3 is 20.3 Å². The van der Waals surface area contributed by atoms with E-state index in [9.17, 15) is 19.8 Å². The molecule has 0 aliphatic rings. The molecule has 66 heavy (non-hydrogen) atoms. The van der Waals surface area contributed by atoms with E-state index in [2.05, 4.69) is 43.5 Å². The van der Waals surface area contributed by atoms with Crippen molar-refractivity contribution in [3.8, 4) is 0 Å². The number of aliphatic hydroxyl groups excluding tert-OH is 2. The van der Waals surface area contributed by atoms with E-state index in [0.717, 1.165) is 70.6 Å². The summed E-state index contributed by atoms with van der Waals surface area (Å²) < 4.78 is 5.44. The third kappa shape index (κ3) is 51.7. The van der Waals surface area contributed by atoms with Crippen LogP contribution in [0.1, 0.15) is 322 Å². The van der Waals surface area contributed by atoms with Gasteiger partial charge in [0.05, 0.1) is 25.4 Å². The van der Waals surface area contributed by atoms with Gasteiger partial charge >= 0.3 is 5.97 Å². The molecular weight excluding hydrogens is 815 g/mol. The second-order valence-corrected chi connectivity index (χ2v) is 20.3. The van der Waals surface area contributed by atoms with Crippen molar-refractivity contribution >= 4 is 11.9 Å². The SMILES string of the molecule is CCCCC/C=C\CCCCCCCC(=O)OCCCCCCCC/C=C\CCCCCC(=O)NC(CO)C(O)CCCCCCCCCCCCCCCCCCCCCCCCCC. The van der Waals surface area contributed by atoms with Gasteiger partial charge in [0.2, 0.25) is 5.91 Å². The van der Waals surface area contributed by atoms with E-state index in [1.54, 1.807) is 0 Å². The average Bonchev–Trinajstić information content (AvgIpc) is 3.32. The lowest BCUT2D eigenvalue weighted by molar-refractivity contribution is -0.143. The number of ether oxygens (including phenoxy) is 1. The number of aliphatic hydroxyl groups is 2. The third-order valence-electron chi connectivity index (χ3n) is 13.7. The highest BCUT2D eigenvalue weighted by Gasteiger charge is 2.20. The Balaban J connectivity index is 3.48. The van der Waals surface area contributed by atoms with E-state index in [0.29, 0.717) is 25.9 Å². The Morgan fingerprint density at radius 1 is 0.409 bits per heavy atom. The Morgan fingerprint density at radius 3 is 1.12 bits per heavy atom. The van der Waals surface area contributed by atoms with Crippen molar-refractivity contribution in [3.63, 3.8) is 0 Å². The van der Waals surface area contributed by atoms with Crippen LogP contribution in [0.3, 0.4) is 0 Å². The van der Waals surface area contributed by atoms with Crippen molar-refractivity contribution in [1.82, 2.24) is 5.32 Å². The zero-order chi connectivity index (χ0) is 47.9. The number of hydrogen-bond acceptors (Lipinski definition) is 5. The van der Waals surface area contributed by atoms with Gasteiger partial charge in [-0.25, -0.2) is 0 Å². The molecule has 390 valence electrons. The van der Waals surface area contributed by atoms with Crippen LogP contribution in [0.15, 0.2) is 24.3 Å². The fraction of sp³-hybridized carbons (Fsp3) is 0.900. The number of carbonyl (C=O) groups is 2. The highest BCUT2D eigenvalue weighted by Crippen LogP contribution is 2.17. The van der Waals surface area contributed by atoms with Crippen LogP contribution in [0.25, 0.3) is 0 Å². The molecule has 1 amide bonds. The minimum absolute atomic E-state index is 0.0220. The summed E-state index contributed by atoms with van der Waals surface area (Å²) in [4.78, 5) is 24.5. The van der Waals surface area contributed by atoms with Gasteiger partial charge in [-0.3, -0.25) is 9.59 Å². The van der Waals surface area contributed by atoms with Gasteiger partial charge in [-0.2, -0.15) is 0 Å². The smallest absolute Gasteiger partial charge is 0.305 e. The number of esters is 1. The monoisotopic (exact) mass is 930 g/mol. The van der Waals surface area contributed by atoms with E-state index >= 15 is 0 Å². The molecule has 0 aliphatic carbocycles. The van der Waals surface area contributed by atoms with E-state index in [4.69, 9.17) is 4.74 Å². The van der Waals surface area contributed by atoms with Crippen molar-refractivity contribution in [2.45, 2.75) is 334 Å². The Bertz CT molecular complexity index is 1030.